The third-order valence-corrected chi connectivity index (χ3v) is 5.56. The molecule has 0 radical (unpaired) electrons. The molecule has 180 valence electrons. The van der Waals surface area contributed by atoms with Gasteiger partial charge >= 0.3 is 0 Å². The molecule has 8 rings (SSSR count). The van der Waals surface area contributed by atoms with Crippen molar-refractivity contribution in [2.75, 3.05) is 0 Å². The minimum atomic E-state index is 0. The lowest BCUT2D eigenvalue weighted by atomic mass is 10.1. The fourth-order valence-corrected chi connectivity index (χ4v) is 3.98. The molecule has 0 spiro atoms. The summed E-state index contributed by atoms with van der Waals surface area (Å²) in [6.07, 6.45) is 0. The van der Waals surface area contributed by atoms with Crippen LogP contribution in [0.5, 0.6) is 0 Å². The van der Waals surface area contributed by atoms with Crippen molar-refractivity contribution in [2.45, 2.75) is 0 Å². The number of aromatic amines is 2. The average Bonchev–Trinajstić information content (AvgIpc) is 3.75. The topological polar surface area (TPSA) is 227 Å². The number of benzene rings is 2. The molecule has 0 saturated heterocycles. The quantitative estimate of drug-likeness (QED) is 0.326. The number of tetrazole rings is 4. The van der Waals surface area contributed by atoms with Gasteiger partial charge in [-0.25, -0.2) is 10.2 Å². The largest absolute Gasteiger partial charge is 0.412 e. The first-order valence-electron chi connectivity index (χ1n) is 10.5. The molecular formula is C20H14N16O. The Balaban J connectivity index is 0.000000133. The van der Waals surface area contributed by atoms with Gasteiger partial charge in [0.05, 0.1) is 0 Å². The van der Waals surface area contributed by atoms with E-state index in [2.05, 4.69) is 72.3 Å². The van der Waals surface area contributed by atoms with E-state index >= 15 is 0 Å². The summed E-state index contributed by atoms with van der Waals surface area (Å²) < 4.78 is 3.23. The standard InChI is InChI=1S/2C10H6N8.H2O/c2*1-2-4-7-6(3-1)5-8(9-11-14-15-12-9)18-10(7)13-16-17-18;/h2*1-5H,(H,11,12,14,15);1H2. The van der Waals surface area contributed by atoms with Crippen molar-refractivity contribution in [3.05, 3.63) is 60.7 Å². The normalized spacial score (nSPS) is 11.0. The molecule has 17 heteroatoms. The maximum Gasteiger partial charge on any atom is 0.198 e. The first-order valence-corrected chi connectivity index (χ1v) is 10.5. The zero-order valence-electron chi connectivity index (χ0n) is 18.5. The first kappa shape index (κ1) is 21.7. The molecule has 0 fully saturated rings. The van der Waals surface area contributed by atoms with E-state index in [0.29, 0.717) is 22.9 Å². The Morgan fingerprint density at radius 2 is 1.00 bits per heavy atom. The van der Waals surface area contributed by atoms with Crippen LogP contribution < -0.4 is 0 Å². The highest BCUT2D eigenvalue weighted by atomic mass is 16.0. The summed E-state index contributed by atoms with van der Waals surface area (Å²) in [7, 11) is 0. The van der Waals surface area contributed by atoms with Gasteiger partial charge in [0.2, 0.25) is 0 Å². The summed E-state index contributed by atoms with van der Waals surface area (Å²) in [4.78, 5) is 0. The zero-order valence-corrected chi connectivity index (χ0v) is 18.5. The number of aromatic nitrogens is 16. The predicted molar refractivity (Wildman–Crippen MR) is 127 cm³/mol. The highest BCUT2D eigenvalue weighted by molar-refractivity contribution is 5.96. The summed E-state index contributed by atoms with van der Waals surface area (Å²) in [6, 6.07) is 19.7. The maximum atomic E-state index is 4.04. The van der Waals surface area contributed by atoms with E-state index in [1.165, 1.54) is 0 Å². The Morgan fingerprint density at radius 1 is 0.541 bits per heavy atom. The Labute approximate surface area is 203 Å². The van der Waals surface area contributed by atoms with Crippen molar-refractivity contribution < 1.29 is 5.48 Å². The van der Waals surface area contributed by atoms with Crippen LogP contribution in [0.1, 0.15) is 0 Å². The molecule has 2 aromatic carbocycles. The number of nitrogens with one attached hydrogen (secondary N) is 2. The second kappa shape index (κ2) is 8.74. The molecule has 4 N–H and O–H groups in total. The summed E-state index contributed by atoms with van der Waals surface area (Å²) in [5, 5.41) is 54.9. The van der Waals surface area contributed by atoms with Gasteiger partial charge in [0.1, 0.15) is 11.4 Å². The first-order chi connectivity index (χ1) is 17.9. The van der Waals surface area contributed by atoms with Crippen molar-refractivity contribution in [2.24, 2.45) is 0 Å². The Kier molecular flexibility index (Phi) is 5.12. The minimum absolute atomic E-state index is 0. The second-order valence-electron chi connectivity index (χ2n) is 7.56. The lowest BCUT2D eigenvalue weighted by molar-refractivity contribution is 0.824. The molecule has 0 aliphatic rings. The summed E-state index contributed by atoms with van der Waals surface area (Å²) >= 11 is 0. The SMILES string of the molecule is O.c1ccc2c(c1)cc(-c1nnn[nH]1)n1nnnc21.c1ccc2c(c1)cc(-c1nnn[nH]1)n1nnnc21. The average molecular weight is 494 g/mol. The molecule has 37 heavy (non-hydrogen) atoms. The van der Waals surface area contributed by atoms with Gasteiger partial charge in [0, 0.05) is 10.8 Å². The number of fused-ring (bicyclic) bond motifs is 6. The van der Waals surface area contributed by atoms with E-state index in [0.717, 1.165) is 32.9 Å². The minimum Gasteiger partial charge on any atom is -0.412 e. The number of H-pyrrole nitrogens is 2. The lowest BCUT2D eigenvalue weighted by Gasteiger charge is -2.03. The molecule has 0 atom stereocenters. The van der Waals surface area contributed by atoms with Crippen LogP contribution in [0, 0.1) is 0 Å². The summed E-state index contributed by atoms with van der Waals surface area (Å²) in [5.74, 6) is 1.05. The van der Waals surface area contributed by atoms with Crippen molar-refractivity contribution in [1.29, 1.82) is 0 Å². The van der Waals surface area contributed by atoms with E-state index in [-0.39, 0.29) is 5.48 Å². The summed E-state index contributed by atoms with van der Waals surface area (Å²) in [5.41, 5.74) is 2.80. The Morgan fingerprint density at radius 3 is 1.43 bits per heavy atom. The molecule has 0 amide bonds. The number of rotatable bonds is 2. The second-order valence-corrected chi connectivity index (χ2v) is 7.56. The predicted octanol–water partition coefficient (Wildman–Crippen LogP) is 0.0905. The molecule has 0 saturated carbocycles. The molecular weight excluding hydrogens is 480 g/mol. The smallest absolute Gasteiger partial charge is 0.198 e. The number of nitrogens with zero attached hydrogens (tertiary/aromatic N) is 14. The third kappa shape index (κ3) is 3.54. The fraction of sp³-hybridized carbons (Fsp3) is 0. The highest BCUT2D eigenvalue weighted by Gasteiger charge is 2.14. The van der Waals surface area contributed by atoms with Crippen LogP contribution in [0.2, 0.25) is 0 Å². The maximum absolute atomic E-state index is 4.04. The molecule has 0 unspecified atom stereocenters. The Hall–Kier alpha value is -5.84. The van der Waals surface area contributed by atoms with Crippen LogP contribution in [0.3, 0.4) is 0 Å². The van der Waals surface area contributed by atoms with Crippen molar-refractivity contribution >= 4 is 32.8 Å². The fourth-order valence-electron chi connectivity index (χ4n) is 3.98. The van der Waals surface area contributed by atoms with Crippen LogP contribution in [0.15, 0.2) is 60.7 Å². The molecule has 0 bridgehead atoms. The monoisotopic (exact) mass is 494 g/mol. The molecule has 6 heterocycles. The number of hydrogen-bond acceptors (Lipinski definition) is 12. The number of hydrogen-bond donors (Lipinski definition) is 2. The van der Waals surface area contributed by atoms with Crippen LogP contribution in [0.25, 0.3) is 55.9 Å². The van der Waals surface area contributed by atoms with Gasteiger partial charge in [-0.05, 0) is 64.6 Å². The van der Waals surface area contributed by atoms with E-state index < -0.39 is 0 Å². The van der Waals surface area contributed by atoms with Crippen LogP contribution in [-0.4, -0.2) is 86.8 Å². The van der Waals surface area contributed by atoms with Gasteiger partial charge in [-0.15, -0.1) is 20.4 Å². The van der Waals surface area contributed by atoms with E-state index in [1.54, 1.807) is 9.03 Å². The summed E-state index contributed by atoms with van der Waals surface area (Å²) in [6.45, 7) is 0. The van der Waals surface area contributed by atoms with Gasteiger partial charge in [0.15, 0.2) is 22.9 Å². The molecule has 17 nitrogen and oxygen atoms in total. The van der Waals surface area contributed by atoms with E-state index in [9.17, 15) is 0 Å². The third-order valence-electron chi connectivity index (χ3n) is 5.56. The van der Waals surface area contributed by atoms with Crippen molar-refractivity contribution in [1.82, 2.24) is 81.3 Å². The molecule has 6 aromatic heterocycles. The van der Waals surface area contributed by atoms with E-state index in [1.807, 2.05) is 60.7 Å². The van der Waals surface area contributed by atoms with Gasteiger partial charge in [-0.2, -0.15) is 9.03 Å². The van der Waals surface area contributed by atoms with Gasteiger partial charge in [0.25, 0.3) is 0 Å². The van der Waals surface area contributed by atoms with Crippen LogP contribution >= 0.6 is 0 Å². The van der Waals surface area contributed by atoms with Gasteiger partial charge in [-0.3, -0.25) is 0 Å². The Bertz CT molecular complexity index is 1810. The number of pyridine rings is 2. The van der Waals surface area contributed by atoms with E-state index in [4.69, 9.17) is 0 Å². The highest BCUT2D eigenvalue weighted by Crippen LogP contribution is 2.25. The van der Waals surface area contributed by atoms with Gasteiger partial charge in [-0.1, -0.05) is 48.5 Å². The van der Waals surface area contributed by atoms with Crippen LogP contribution in [-0.2, 0) is 0 Å². The van der Waals surface area contributed by atoms with Crippen molar-refractivity contribution in [3.8, 4) is 23.0 Å². The molecule has 0 aliphatic carbocycles. The van der Waals surface area contributed by atoms with Gasteiger partial charge < -0.3 is 5.48 Å². The van der Waals surface area contributed by atoms with Crippen LogP contribution in [0.4, 0.5) is 0 Å². The zero-order chi connectivity index (χ0) is 23.9. The molecule has 8 aromatic rings. The lowest BCUT2D eigenvalue weighted by Crippen LogP contribution is -1.97. The molecule has 0 aliphatic heterocycles. The van der Waals surface area contributed by atoms with Crippen molar-refractivity contribution in [3.63, 3.8) is 0 Å².